The number of hydrogen-bond donors (Lipinski definition) is 1. The number of carbonyl (C=O) groups excluding carboxylic acids is 1. The molecule has 1 N–H and O–H groups in total. The molecule has 4 heteroatoms. The van der Waals surface area contributed by atoms with Crippen LogP contribution < -0.4 is 5.32 Å². The zero-order valence-corrected chi connectivity index (χ0v) is 13.7. The van der Waals surface area contributed by atoms with Crippen molar-refractivity contribution in [2.45, 2.75) is 12.5 Å². The highest BCUT2D eigenvalue weighted by Gasteiger charge is 2.15. The third-order valence-corrected chi connectivity index (χ3v) is 3.98. The molecule has 0 heterocycles. The summed E-state index contributed by atoms with van der Waals surface area (Å²) in [6.07, 6.45) is 0.300. The van der Waals surface area contributed by atoms with Gasteiger partial charge in [0.2, 0.25) is 5.91 Å². The summed E-state index contributed by atoms with van der Waals surface area (Å²) in [4.78, 5) is 14.2. The van der Waals surface area contributed by atoms with Gasteiger partial charge >= 0.3 is 0 Å². The van der Waals surface area contributed by atoms with E-state index < -0.39 is 0 Å². The van der Waals surface area contributed by atoms with Gasteiger partial charge in [0.15, 0.2) is 0 Å². The van der Waals surface area contributed by atoms with E-state index in [9.17, 15) is 4.79 Å². The summed E-state index contributed by atoms with van der Waals surface area (Å²) >= 11 is 6.09. The standard InChI is InChI=1S/C18H21ClN2O/c1-21(2)17(14-8-4-3-5-9-14)13-20-18(22)12-15-10-6-7-11-16(15)19/h3-11,17H,12-13H2,1-2H3,(H,20,22). The van der Waals surface area contributed by atoms with Gasteiger partial charge in [0.1, 0.15) is 0 Å². The summed E-state index contributed by atoms with van der Waals surface area (Å²) in [7, 11) is 4.02. The Hall–Kier alpha value is -1.84. The Bertz CT molecular complexity index is 613. The molecule has 116 valence electrons. The fraction of sp³-hybridized carbons (Fsp3) is 0.278. The lowest BCUT2D eigenvalue weighted by Crippen LogP contribution is -2.35. The minimum Gasteiger partial charge on any atom is -0.354 e. The lowest BCUT2D eigenvalue weighted by atomic mass is 10.1. The Balaban J connectivity index is 1.95. The Labute approximate surface area is 136 Å². The predicted octanol–water partition coefficient (Wildman–Crippen LogP) is 3.30. The van der Waals surface area contributed by atoms with Gasteiger partial charge in [-0.25, -0.2) is 0 Å². The van der Waals surface area contributed by atoms with Gasteiger partial charge in [-0.3, -0.25) is 4.79 Å². The molecule has 0 aliphatic heterocycles. The van der Waals surface area contributed by atoms with Gasteiger partial charge < -0.3 is 10.2 Å². The van der Waals surface area contributed by atoms with Gasteiger partial charge in [0.05, 0.1) is 12.5 Å². The van der Waals surface area contributed by atoms with Gasteiger partial charge in [-0.2, -0.15) is 0 Å². The van der Waals surface area contributed by atoms with Gasteiger partial charge in [-0.05, 0) is 31.3 Å². The molecule has 0 fully saturated rings. The van der Waals surface area contributed by atoms with Gasteiger partial charge in [-0.1, -0.05) is 60.1 Å². The molecule has 0 bridgehead atoms. The summed E-state index contributed by atoms with van der Waals surface area (Å²) in [5, 5.41) is 3.63. The summed E-state index contributed by atoms with van der Waals surface area (Å²) in [6, 6.07) is 17.7. The monoisotopic (exact) mass is 316 g/mol. The van der Waals surface area contributed by atoms with Crippen LogP contribution in [0.15, 0.2) is 54.6 Å². The van der Waals surface area contributed by atoms with E-state index in [2.05, 4.69) is 22.3 Å². The second-order valence-electron chi connectivity index (χ2n) is 5.46. The molecular weight excluding hydrogens is 296 g/mol. The lowest BCUT2D eigenvalue weighted by Gasteiger charge is -2.25. The van der Waals surface area contributed by atoms with E-state index in [4.69, 9.17) is 11.6 Å². The van der Waals surface area contributed by atoms with Crippen LogP contribution in [0.4, 0.5) is 0 Å². The number of hydrogen-bond acceptors (Lipinski definition) is 2. The minimum absolute atomic E-state index is 0.0177. The van der Waals surface area contributed by atoms with E-state index in [1.54, 1.807) is 6.07 Å². The number of amides is 1. The number of rotatable bonds is 6. The average molecular weight is 317 g/mol. The number of nitrogens with zero attached hydrogens (tertiary/aromatic N) is 1. The van der Waals surface area contributed by atoms with Crippen molar-refractivity contribution in [2.75, 3.05) is 20.6 Å². The molecule has 2 rings (SSSR count). The van der Waals surface area contributed by atoms with Crippen LogP contribution in [0.3, 0.4) is 0 Å². The van der Waals surface area contributed by atoms with E-state index in [1.165, 1.54) is 5.56 Å². The van der Waals surface area contributed by atoms with E-state index in [0.717, 1.165) is 5.56 Å². The van der Waals surface area contributed by atoms with E-state index >= 15 is 0 Å². The molecule has 0 saturated carbocycles. The molecule has 1 atom stereocenters. The Morgan fingerprint density at radius 1 is 1.09 bits per heavy atom. The lowest BCUT2D eigenvalue weighted by molar-refractivity contribution is -0.120. The normalized spacial score (nSPS) is 12.2. The number of halogens is 1. The molecule has 0 radical (unpaired) electrons. The molecule has 1 amide bonds. The average Bonchev–Trinajstić information content (AvgIpc) is 2.50. The molecule has 3 nitrogen and oxygen atoms in total. The van der Waals surface area contributed by atoms with Crippen LogP contribution in [0, 0.1) is 0 Å². The van der Waals surface area contributed by atoms with E-state index in [0.29, 0.717) is 18.0 Å². The highest BCUT2D eigenvalue weighted by Crippen LogP contribution is 2.18. The molecule has 1 unspecified atom stereocenters. The van der Waals surface area contributed by atoms with Crippen LogP contribution in [-0.4, -0.2) is 31.4 Å². The minimum atomic E-state index is -0.0177. The summed E-state index contributed by atoms with van der Waals surface area (Å²) in [6.45, 7) is 0.570. The Kier molecular flexibility index (Phi) is 5.99. The Morgan fingerprint density at radius 2 is 1.73 bits per heavy atom. The third kappa shape index (κ3) is 4.58. The predicted molar refractivity (Wildman–Crippen MR) is 91.0 cm³/mol. The van der Waals surface area contributed by atoms with Gasteiger partial charge in [0, 0.05) is 11.6 Å². The van der Waals surface area contributed by atoms with Crippen molar-refractivity contribution in [1.82, 2.24) is 10.2 Å². The first-order valence-electron chi connectivity index (χ1n) is 7.29. The van der Waals surface area contributed by atoms with E-state index in [-0.39, 0.29) is 11.9 Å². The second kappa shape index (κ2) is 7.97. The van der Waals surface area contributed by atoms with Crippen molar-refractivity contribution in [3.05, 3.63) is 70.7 Å². The van der Waals surface area contributed by atoms with Crippen LogP contribution in [-0.2, 0) is 11.2 Å². The first-order chi connectivity index (χ1) is 10.6. The summed E-state index contributed by atoms with van der Waals surface area (Å²) in [5.41, 5.74) is 2.04. The first-order valence-corrected chi connectivity index (χ1v) is 7.67. The van der Waals surface area contributed by atoms with Crippen LogP contribution in [0.2, 0.25) is 5.02 Å². The number of nitrogens with one attached hydrogen (secondary N) is 1. The van der Waals surface area contributed by atoms with Crippen LogP contribution in [0.5, 0.6) is 0 Å². The fourth-order valence-electron chi connectivity index (χ4n) is 2.36. The molecule has 0 aliphatic rings. The highest BCUT2D eigenvalue weighted by molar-refractivity contribution is 6.31. The maximum absolute atomic E-state index is 12.1. The van der Waals surface area contributed by atoms with Crippen LogP contribution in [0.1, 0.15) is 17.2 Å². The van der Waals surface area contributed by atoms with Crippen LogP contribution >= 0.6 is 11.6 Å². The third-order valence-electron chi connectivity index (χ3n) is 3.61. The van der Waals surface area contributed by atoms with Crippen molar-refractivity contribution < 1.29 is 4.79 Å². The zero-order valence-electron chi connectivity index (χ0n) is 12.9. The smallest absolute Gasteiger partial charge is 0.224 e. The second-order valence-corrected chi connectivity index (χ2v) is 5.87. The largest absolute Gasteiger partial charge is 0.354 e. The number of carbonyl (C=O) groups is 1. The molecule has 2 aromatic carbocycles. The fourth-order valence-corrected chi connectivity index (χ4v) is 2.56. The van der Waals surface area contributed by atoms with Gasteiger partial charge in [0.25, 0.3) is 0 Å². The SMILES string of the molecule is CN(C)C(CNC(=O)Cc1ccccc1Cl)c1ccccc1. The van der Waals surface area contributed by atoms with Crippen molar-refractivity contribution in [1.29, 1.82) is 0 Å². The molecule has 0 aromatic heterocycles. The number of likely N-dealkylation sites (N-methyl/N-ethyl adjacent to an activating group) is 1. The number of benzene rings is 2. The van der Waals surface area contributed by atoms with Crippen molar-refractivity contribution >= 4 is 17.5 Å². The molecular formula is C18H21ClN2O. The van der Waals surface area contributed by atoms with Crippen molar-refractivity contribution in [2.24, 2.45) is 0 Å². The zero-order chi connectivity index (χ0) is 15.9. The van der Waals surface area contributed by atoms with Crippen molar-refractivity contribution in [3.8, 4) is 0 Å². The summed E-state index contributed by atoms with van der Waals surface area (Å²) in [5.74, 6) is -0.0177. The molecule has 22 heavy (non-hydrogen) atoms. The van der Waals surface area contributed by atoms with E-state index in [1.807, 2.05) is 50.5 Å². The summed E-state index contributed by atoms with van der Waals surface area (Å²) < 4.78 is 0. The molecule has 0 saturated heterocycles. The topological polar surface area (TPSA) is 32.3 Å². The van der Waals surface area contributed by atoms with Crippen molar-refractivity contribution in [3.63, 3.8) is 0 Å². The first kappa shape index (κ1) is 16.5. The molecule has 0 aliphatic carbocycles. The van der Waals surface area contributed by atoms with Gasteiger partial charge in [-0.15, -0.1) is 0 Å². The molecule has 2 aromatic rings. The maximum Gasteiger partial charge on any atom is 0.224 e. The molecule has 0 spiro atoms. The maximum atomic E-state index is 12.1. The quantitative estimate of drug-likeness (QED) is 0.887. The Morgan fingerprint density at radius 3 is 2.36 bits per heavy atom. The van der Waals surface area contributed by atoms with Crippen LogP contribution in [0.25, 0.3) is 0 Å². The highest BCUT2D eigenvalue weighted by atomic mass is 35.5.